The van der Waals surface area contributed by atoms with E-state index >= 15 is 0 Å². The molecule has 0 aromatic carbocycles. The van der Waals surface area contributed by atoms with Crippen LogP contribution in [0.15, 0.2) is 0 Å². The summed E-state index contributed by atoms with van der Waals surface area (Å²) >= 11 is 0. The van der Waals surface area contributed by atoms with Crippen molar-refractivity contribution >= 4 is 0 Å². The summed E-state index contributed by atoms with van der Waals surface area (Å²) in [6, 6.07) is 0. The highest BCUT2D eigenvalue weighted by Gasteiger charge is 2.14. The zero-order valence-corrected chi connectivity index (χ0v) is 10.3. The Morgan fingerprint density at radius 3 is 2.14 bits per heavy atom. The predicted octanol–water partition coefficient (Wildman–Crippen LogP) is 0.887. The van der Waals surface area contributed by atoms with E-state index in [2.05, 4.69) is 44.8 Å². The molecule has 3 nitrogen and oxygen atoms in total. The van der Waals surface area contributed by atoms with Crippen molar-refractivity contribution in [1.82, 2.24) is 9.80 Å². The Hall–Kier alpha value is -0.120. The summed E-state index contributed by atoms with van der Waals surface area (Å²) in [4.78, 5) is 4.35. The summed E-state index contributed by atoms with van der Waals surface area (Å²) in [5.41, 5.74) is 0. The van der Waals surface area contributed by atoms with Gasteiger partial charge in [0.05, 0.1) is 6.10 Å². The SMILES string of the molecule is CCC(C)C(O)CN(C)CCN(C)C. The van der Waals surface area contributed by atoms with Gasteiger partial charge in [-0.1, -0.05) is 20.3 Å². The lowest BCUT2D eigenvalue weighted by molar-refractivity contribution is 0.0756. The highest BCUT2D eigenvalue weighted by molar-refractivity contribution is 4.67. The van der Waals surface area contributed by atoms with Crippen LogP contribution in [0.25, 0.3) is 0 Å². The van der Waals surface area contributed by atoms with Crippen molar-refractivity contribution in [2.24, 2.45) is 5.92 Å². The number of hydrogen-bond donors (Lipinski definition) is 1. The molecule has 0 radical (unpaired) electrons. The largest absolute Gasteiger partial charge is 0.392 e. The number of aliphatic hydroxyl groups excluding tert-OH is 1. The van der Waals surface area contributed by atoms with Crippen LogP contribution in [0, 0.1) is 5.92 Å². The molecule has 0 bridgehead atoms. The molecule has 0 aromatic rings. The topological polar surface area (TPSA) is 26.7 Å². The van der Waals surface area contributed by atoms with Crippen LogP contribution in [0.4, 0.5) is 0 Å². The zero-order valence-electron chi connectivity index (χ0n) is 10.3. The van der Waals surface area contributed by atoms with E-state index in [1.807, 2.05) is 0 Å². The third-order valence-corrected chi connectivity index (χ3v) is 2.73. The Bertz CT molecular complexity index is 139. The Morgan fingerprint density at radius 2 is 1.71 bits per heavy atom. The molecule has 3 heteroatoms. The maximum Gasteiger partial charge on any atom is 0.0692 e. The summed E-state index contributed by atoms with van der Waals surface area (Å²) < 4.78 is 0. The van der Waals surface area contributed by atoms with E-state index in [-0.39, 0.29) is 6.10 Å². The van der Waals surface area contributed by atoms with Gasteiger partial charge in [-0.05, 0) is 27.1 Å². The van der Waals surface area contributed by atoms with Gasteiger partial charge in [-0.25, -0.2) is 0 Å². The van der Waals surface area contributed by atoms with Gasteiger partial charge in [-0.15, -0.1) is 0 Å². The molecule has 0 heterocycles. The van der Waals surface area contributed by atoms with Crippen molar-refractivity contribution in [1.29, 1.82) is 0 Å². The molecule has 0 aromatic heterocycles. The second-order valence-electron chi connectivity index (χ2n) is 4.52. The first-order valence-electron chi connectivity index (χ1n) is 5.48. The number of hydrogen-bond acceptors (Lipinski definition) is 3. The molecular formula is C11H26N2O. The van der Waals surface area contributed by atoms with Gasteiger partial charge < -0.3 is 14.9 Å². The molecule has 0 fully saturated rings. The maximum absolute atomic E-state index is 9.80. The molecule has 14 heavy (non-hydrogen) atoms. The summed E-state index contributed by atoms with van der Waals surface area (Å²) in [5.74, 6) is 0.400. The van der Waals surface area contributed by atoms with Crippen molar-refractivity contribution in [3.8, 4) is 0 Å². The molecule has 0 aliphatic rings. The Kier molecular flexibility index (Phi) is 7.15. The van der Waals surface area contributed by atoms with Crippen LogP contribution in [0.2, 0.25) is 0 Å². The minimum atomic E-state index is -0.188. The van der Waals surface area contributed by atoms with Crippen LogP contribution in [0.5, 0.6) is 0 Å². The highest BCUT2D eigenvalue weighted by Crippen LogP contribution is 2.07. The third-order valence-electron chi connectivity index (χ3n) is 2.73. The van der Waals surface area contributed by atoms with Crippen LogP contribution >= 0.6 is 0 Å². The fourth-order valence-electron chi connectivity index (χ4n) is 1.23. The number of rotatable bonds is 7. The Balaban J connectivity index is 3.65. The highest BCUT2D eigenvalue weighted by atomic mass is 16.3. The zero-order chi connectivity index (χ0) is 11.1. The second-order valence-corrected chi connectivity index (χ2v) is 4.52. The van der Waals surface area contributed by atoms with Gasteiger partial charge >= 0.3 is 0 Å². The van der Waals surface area contributed by atoms with E-state index in [9.17, 15) is 5.11 Å². The van der Waals surface area contributed by atoms with E-state index in [0.29, 0.717) is 5.92 Å². The van der Waals surface area contributed by atoms with E-state index in [1.54, 1.807) is 0 Å². The smallest absolute Gasteiger partial charge is 0.0692 e. The molecule has 0 saturated heterocycles. The number of aliphatic hydroxyl groups is 1. The van der Waals surface area contributed by atoms with Gasteiger partial charge in [-0.3, -0.25) is 0 Å². The Labute approximate surface area is 88.7 Å². The van der Waals surface area contributed by atoms with Crippen LogP contribution in [-0.4, -0.2) is 61.8 Å². The van der Waals surface area contributed by atoms with Gasteiger partial charge in [0.15, 0.2) is 0 Å². The maximum atomic E-state index is 9.80. The molecule has 2 unspecified atom stereocenters. The van der Waals surface area contributed by atoms with Gasteiger partial charge in [0, 0.05) is 19.6 Å². The minimum Gasteiger partial charge on any atom is -0.392 e. The van der Waals surface area contributed by atoms with E-state index in [1.165, 1.54) is 0 Å². The second kappa shape index (κ2) is 7.21. The molecule has 0 aliphatic heterocycles. The monoisotopic (exact) mass is 202 g/mol. The van der Waals surface area contributed by atoms with Gasteiger partial charge in [0.25, 0.3) is 0 Å². The van der Waals surface area contributed by atoms with Gasteiger partial charge in [-0.2, -0.15) is 0 Å². The van der Waals surface area contributed by atoms with E-state index < -0.39 is 0 Å². The average Bonchev–Trinajstić information content (AvgIpc) is 2.13. The summed E-state index contributed by atoms with van der Waals surface area (Å²) in [6.07, 6.45) is 0.857. The molecule has 86 valence electrons. The van der Waals surface area contributed by atoms with Crippen molar-refractivity contribution < 1.29 is 5.11 Å². The molecule has 0 amide bonds. The molecular weight excluding hydrogens is 176 g/mol. The third kappa shape index (κ3) is 6.35. The van der Waals surface area contributed by atoms with Crippen molar-refractivity contribution in [2.45, 2.75) is 26.4 Å². The lowest BCUT2D eigenvalue weighted by atomic mass is 10.0. The molecule has 0 saturated carbocycles. The summed E-state index contributed by atoms with van der Waals surface area (Å²) in [5, 5.41) is 9.80. The van der Waals surface area contributed by atoms with Crippen LogP contribution in [0.3, 0.4) is 0 Å². The first-order valence-corrected chi connectivity index (χ1v) is 5.48. The molecule has 0 spiro atoms. The van der Waals surface area contributed by atoms with Crippen molar-refractivity contribution in [3.63, 3.8) is 0 Å². The first kappa shape index (κ1) is 13.9. The van der Waals surface area contributed by atoms with Gasteiger partial charge in [0.1, 0.15) is 0 Å². The summed E-state index contributed by atoms with van der Waals surface area (Å²) in [6.45, 7) is 7.06. The fourth-order valence-corrected chi connectivity index (χ4v) is 1.23. The predicted molar refractivity (Wildman–Crippen MR) is 61.5 cm³/mol. The normalized spacial score (nSPS) is 16.3. The van der Waals surface area contributed by atoms with Crippen molar-refractivity contribution in [3.05, 3.63) is 0 Å². The quantitative estimate of drug-likeness (QED) is 0.664. The number of nitrogens with zero attached hydrogens (tertiary/aromatic N) is 2. The van der Waals surface area contributed by atoms with Crippen LogP contribution < -0.4 is 0 Å². The molecule has 0 rings (SSSR count). The van der Waals surface area contributed by atoms with E-state index in [0.717, 1.165) is 26.1 Å². The Morgan fingerprint density at radius 1 is 1.14 bits per heavy atom. The minimum absolute atomic E-state index is 0.188. The lowest BCUT2D eigenvalue weighted by Crippen LogP contribution is -2.36. The summed E-state index contributed by atoms with van der Waals surface area (Å²) in [7, 11) is 6.20. The standard InChI is InChI=1S/C11H26N2O/c1-6-10(2)11(14)9-13(5)8-7-12(3)4/h10-11,14H,6-9H2,1-5H3. The molecule has 2 atom stereocenters. The lowest BCUT2D eigenvalue weighted by Gasteiger charge is -2.25. The van der Waals surface area contributed by atoms with E-state index in [4.69, 9.17) is 0 Å². The van der Waals surface area contributed by atoms with Crippen molar-refractivity contribution in [2.75, 3.05) is 40.8 Å². The van der Waals surface area contributed by atoms with Crippen LogP contribution in [0.1, 0.15) is 20.3 Å². The fraction of sp³-hybridized carbons (Fsp3) is 1.00. The first-order chi connectivity index (χ1) is 6.47. The van der Waals surface area contributed by atoms with Crippen LogP contribution in [-0.2, 0) is 0 Å². The molecule has 0 aliphatic carbocycles. The molecule has 1 N–H and O–H groups in total. The average molecular weight is 202 g/mol. The van der Waals surface area contributed by atoms with Gasteiger partial charge in [0.2, 0.25) is 0 Å². The number of likely N-dealkylation sites (N-methyl/N-ethyl adjacent to an activating group) is 2.